The van der Waals surface area contributed by atoms with Crippen LogP contribution in [0.1, 0.15) is 258 Å². The number of carbonyl (C=O) groups is 3. The van der Waals surface area contributed by atoms with Crippen LogP contribution in [0.4, 0.5) is 0 Å². The molecule has 0 aliphatic carbocycles. The molecule has 0 spiro atoms. The van der Waals surface area contributed by atoms with Gasteiger partial charge in [-0.05, 0) is 57.8 Å². The van der Waals surface area contributed by atoms with Gasteiger partial charge in [-0.2, -0.15) is 0 Å². The van der Waals surface area contributed by atoms with E-state index in [4.69, 9.17) is 14.2 Å². The summed E-state index contributed by atoms with van der Waals surface area (Å²) in [6, 6.07) is 0. The Hall–Kier alpha value is -2.63. The van der Waals surface area contributed by atoms with Crippen molar-refractivity contribution in [2.45, 2.75) is 264 Å². The first-order valence-corrected chi connectivity index (χ1v) is 25.6. The zero-order valence-corrected chi connectivity index (χ0v) is 39.7. The Morgan fingerprint density at radius 2 is 0.650 bits per heavy atom. The van der Waals surface area contributed by atoms with Crippen molar-refractivity contribution in [3.05, 3.63) is 48.6 Å². The molecular weight excluding hydrogens is 745 g/mol. The first-order chi connectivity index (χ1) is 29.5. The van der Waals surface area contributed by atoms with Crippen molar-refractivity contribution >= 4 is 17.9 Å². The summed E-state index contributed by atoms with van der Waals surface area (Å²) >= 11 is 0. The van der Waals surface area contributed by atoms with Gasteiger partial charge in [0.1, 0.15) is 13.2 Å². The second-order valence-corrected chi connectivity index (χ2v) is 17.1. The molecule has 0 bridgehead atoms. The van der Waals surface area contributed by atoms with Gasteiger partial charge in [0, 0.05) is 19.3 Å². The Morgan fingerprint density at radius 1 is 0.350 bits per heavy atom. The van der Waals surface area contributed by atoms with Gasteiger partial charge in [0.2, 0.25) is 0 Å². The van der Waals surface area contributed by atoms with Crippen molar-refractivity contribution in [2.75, 3.05) is 13.2 Å². The van der Waals surface area contributed by atoms with E-state index in [1.165, 1.54) is 135 Å². The third-order valence-corrected chi connectivity index (χ3v) is 11.1. The van der Waals surface area contributed by atoms with Gasteiger partial charge in [0.25, 0.3) is 0 Å². The maximum atomic E-state index is 12.8. The van der Waals surface area contributed by atoms with Crippen LogP contribution in [-0.4, -0.2) is 37.2 Å². The zero-order chi connectivity index (χ0) is 43.7. The van der Waals surface area contributed by atoms with Gasteiger partial charge in [-0.15, -0.1) is 0 Å². The molecule has 0 heterocycles. The molecule has 0 aromatic heterocycles. The van der Waals surface area contributed by atoms with Crippen LogP contribution in [0, 0.1) is 0 Å². The van der Waals surface area contributed by atoms with Crippen LogP contribution >= 0.6 is 0 Å². The SMILES string of the molecule is CC/C=C\C/C=C\C/C=C\C/C=C\CCCCC(=O)O[C@@H](COC(=O)CCCCCCCCCCCCCC)COC(=O)CCCCCCCCCCCCCCCCC. The molecule has 60 heavy (non-hydrogen) atoms. The highest BCUT2D eigenvalue weighted by atomic mass is 16.6. The minimum absolute atomic E-state index is 0.0862. The number of esters is 3. The van der Waals surface area contributed by atoms with Gasteiger partial charge in [0.05, 0.1) is 0 Å². The summed E-state index contributed by atoms with van der Waals surface area (Å²) in [5.41, 5.74) is 0. The molecule has 0 fully saturated rings. The number of unbranched alkanes of at least 4 members (excludes halogenated alkanes) is 27. The highest BCUT2D eigenvalue weighted by Crippen LogP contribution is 2.16. The molecule has 0 saturated carbocycles. The summed E-state index contributed by atoms with van der Waals surface area (Å²) in [6.45, 7) is 6.50. The summed E-state index contributed by atoms with van der Waals surface area (Å²) in [7, 11) is 0. The zero-order valence-electron chi connectivity index (χ0n) is 39.7. The van der Waals surface area contributed by atoms with E-state index in [0.717, 1.165) is 77.0 Å². The third kappa shape index (κ3) is 46.4. The van der Waals surface area contributed by atoms with Gasteiger partial charge in [-0.25, -0.2) is 0 Å². The van der Waals surface area contributed by atoms with E-state index in [2.05, 4.69) is 69.4 Å². The van der Waals surface area contributed by atoms with Gasteiger partial charge < -0.3 is 14.2 Å². The average Bonchev–Trinajstić information content (AvgIpc) is 3.24. The second kappa shape index (κ2) is 49.0. The van der Waals surface area contributed by atoms with Crippen LogP contribution in [0.25, 0.3) is 0 Å². The molecule has 0 amide bonds. The molecule has 0 unspecified atom stereocenters. The summed E-state index contributed by atoms with van der Waals surface area (Å²) < 4.78 is 16.8. The molecule has 0 aliphatic heterocycles. The highest BCUT2D eigenvalue weighted by molar-refractivity contribution is 5.71. The normalized spacial score (nSPS) is 12.4. The third-order valence-electron chi connectivity index (χ3n) is 11.1. The van der Waals surface area contributed by atoms with Crippen molar-refractivity contribution < 1.29 is 28.6 Å². The first kappa shape index (κ1) is 57.4. The molecule has 0 rings (SSSR count). The van der Waals surface area contributed by atoms with Crippen LogP contribution in [0.3, 0.4) is 0 Å². The summed E-state index contributed by atoms with van der Waals surface area (Å²) in [6.07, 6.45) is 58.1. The Kier molecular flexibility index (Phi) is 46.9. The minimum Gasteiger partial charge on any atom is -0.462 e. The molecule has 0 aromatic carbocycles. The van der Waals surface area contributed by atoms with Gasteiger partial charge in [-0.1, -0.05) is 230 Å². The molecule has 0 aliphatic rings. The topological polar surface area (TPSA) is 78.9 Å². The van der Waals surface area contributed by atoms with Crippen molar-refractivity contribution in [1.29, 1.82) is 0 Å². The molecule has 0 N–H and O–H groups in total. The van der Waals surface area contributed by atoms with Crippen LogP contribution in [0.2, 0.25) is 0 Å². The van der Waals surface area contributed by atoms with E-state index in [1.807, 2.05) is 0 Å². The predicted octanol–water partition coefficient (Wildman–Crippen LogP) is 16.7. The number of rotatable bonds is 46. The summed E-state index contributed by atoms with van der Waals surface area (Å²) in [5, 5.41) is 0. The van der Waals surface area contributed by atoms with Crippen molar-refractivity contribution in [3.8, 4) is 0 Å². The molecule has 0 saturated heterocycles. The summed E-state index contributed by atoms with van der Waals surface area (Å²) in [4.78, 5) is 37.9. The maximum absolute atomic E-state index is 12.8. The Balaban J connectivity index is 4.41. The van der Waals surface area contributed by atoms with E-state index in [0.29, 0.717) is 19.3 Å². The van der Waals surface area contributed by atoms with Gasteiger partial charge in [-0.3, -0.25) is 14.4 Å². The second-order valence-electron chi connectivity index (χ2n) is 17.1. The van der Waals surface area contributed by atoms with E-state index in [9.17, 15) is 14.4 Å². The molecule has 6 nitrogen and oxygen atoms in total. The number of ether oxygens (including phenoxy) is 3. The van der Waals surface area contributed by atoms with E-state index in [1.54, 1.807) is 0 Å². The molecular formula is C54H96O6. The number of hydrogen-bond acceptors (Lipinski definition) is 6. The van der Waals surface area contributed by atoms with Crippen molar-refractivity contribution in [2.24, 2.45) is 0 Å². The number of carbonyl (C=O) groups excluding carboxylic acids is 3. The quantitative estimate of drug-likeness (QED) is 0.0263. The predicted molar refractivity (Wildman–Crippen MR) is 256 cm³/mol. The van der Waals surface area contributed by atoms with E-state index in [-0.39, 0.29) is 37.5 Å². The van der Waals surface area contributed by atoms with Crippen molar-refractivity contribution in [3.63, 3.8) is 0 Å². The van der Waals surface area contributed by atoms with Crippen LogP contribution in [0.15, 0.2) is 48.6 Å². The molecule has 0 aromatic rings. The van der Waals surface area contributed by atoms with Crippen LogP contribution in [-0.2, 0) is 28.6 Å². The summed E-state index contributed by atoms with van der Waals surface area (Å²) in [5.74, 6) is -0.919. The smallest absolute Gasteiger partial charge is 0.306 e. The monoisotopic (exact) mass is 841 g/mol. The van der Waals surface area contributed by atoms with E-state index >= 15 is 0 Å². The maximum Gasteiger partial charge on any atom is 0.306 e. The average molecular weight is 841 g/mol. The van der Waals surface area contributed by atoms with Crippen molar-refractivity contribution in [1.82, 2.24) is 0 Å². The lowest BCUT2D eigenvalue weighted by molar-refractivity contribution is -0.167. The fourth-order valence-corrected chi connectivity index (χ4v) is 7.26. The first-order valence-electron chi connectivity index (χ1n) is 25.6. The fourth-order valence-electron chi connectivity index (χ4n) is 7.26. The lowest BCUT2D eigenvalue weighted by Gasteiger charge is -2.18. The number of hydrogen-bond donors (Lipinski definition) is 0. The van der Waals surface area contributed by atoms with Gasteiger partial charge in [0.15, 0.2) is 6.10 Å². The lowest BCUT2D eigenvalue weighted by atomic mass is 10.0. The fraction of sp³-hybridized carbons (Fsp3) is 0.796. The van der Waals surface area contributed by atoms with Crippen LogP contribution in [0.5, 0.6) is 0 Å². The molecule has 6 heteroatoms. The number of allylic oxidation sites excluding steroid dienone is 8. The van der Waals surface area contributed by atoms with Gasteiger partial charge >= 0.3 is 17.9 Å². The van der Waals surface area contributed by atoms with E-state index < -0.39 is 6.10 Å². The van der Waals surface area contributed by atoms with Crippen LogP contribution < -0.4 is 0 Å². The molecule has 1 atom stereocenters. The lowest BCUT2D eigenvalue weighted by Crippen LogP contribution is -2.30. The standard InChI is InChI=1S/C54H96O6/c1-4-7-10-13-16-19-22-25-27-29-32-35-38-41-44-47-53(56)59-50-51(49-58-52(55)46-43-40-37-34-31-24-21-18-15-12-9-6-3)60-54(57)48-45-42-39-36-33-30-28-26-23-20-17-14-11-8-5-2/h8,11,17,20,26,28,33,36,51H,4-7,9-10,12-16,18-19,21-25,27,29-32,34-35,37-50H2,1-3H3/b11-8-,20-17-,28-26-,36-33-/t51-/m0/s1. The minimum atomic E-state index is -0.789. The molecule has 348 valence electrons. The Morgan fingerprint density at radius 3 is 1.02 bits per heavy atom. The Labute approximate surface area is 371 Å². The Bertz CT molecular complexity index is 1060. The molecule has 0 radical (unpaired) electrons. The largest absolute Gasteiger partial charge is 0.462 e. The highest BCUT2D eigenvalue weighted by Gasteiger charge is 2.19.